The minimum atomic E-state index is -0.450. The van der Waals surface area contributed by atoms with Crippen LogP contribution in [0.1, 0.15) is 24.0 Å². The van der Waals surface area contributed by atoms with Crippen molar-refractivity contribution in [3.8, 4) is 6.07 Å². The highest BCUT2D eigenvalue weighted by atomic mass is 32.1. The van der Waals surface area contributed by atoms with Gasteiger partial charge in [0.2, 0.25) is 0 Å². The molecule has 26 heavy (non-hydrogen) atoms. The molecule has 132 valence electrons. The third-order valence-corrected chi connectivity index (χ3v) is 4.73. The highest BCUT2D eigenvalue weighted by Gasteiger charge is 2.11. The van der Waals surface area contributed by atoms with Crippen molar-refractivity contribution in [1.82, 2.24) is 4.98 Å². The second kappa shape index (κ2) is 8.32. The van der Waals surface area contributed by atoms with Crippen LogP contribution in [0.2, 0.25) is 0 Å². The van der Waals surface area contributed by atoms with Crippen LogP contribution in [-0.2, 0) is 20.7 Å². The van der Waals surface area contributed by atoms with Gasteiger partial charge in [0, 0.05) is 23.5 Å². The zero-order valence-electron chi connectivity index (χ0n) is 14.0. The van der Waals surface area contributed by atoms with E-state index in [-0.39, 0.29) is 13.0 Å². The molecule has 6 nitrogen and oxygen atoms in total. The summed E-state index contributed by atoms with van der Waals surface area (Å²) in [5.74, 6) is -0.861. The molecule has 0 fully saturated rings. The lowest BCUT2D eigenvalue weighted by Crippen LogP contribution is -2.20. The second-order valence-electron chi connectivity index (χ2n) is 5.70. The summed E-state index contributed by atoms with van der Waals surface area (Å²) >= 11 is 1.25. The molecule has 0 atom stereocenters. The van der Waals surface area contributed by atoms with Gasteiger partial charge in [-0.2, -0.15) is 5.26 Å². The fourth-order valence-electron chi connectivity index (χ4n) is 2.64. The predicted molar refractivity (Wildman–Crippen MR) is 99.9 cm³/mol. The number of fused-ring (bicyclic) bond motifs is 1. The number of anilines is 1. The Bertz CT molecular complexity index is 968. The van der Waals surface area contributed by atoms with E-state index in [4.69, 9.17) is 10.00 Å². The fourth-order valence-corrected chi connectivity index (χ4v) is 3.39. The van der Waals surface area contributed by atoms with E-state index in [1.165, 1.54) is 11.3 Å². The van der Waals surface area contributed by atoms with E-state index in [1.54, 1.807) is 11.4 Å². The molecular formula is C19H17N3O3S. The molecule has 7 heteroatoms. The number of esters is 1. The Labute approximate surface area is 154 Å². The molecule has 0 aliphatic rings. The number of aromatic nitrogens is 1. The molecule has 0 unspecified atom stereocenters. The van der Waals surface area contributed by atoms with E-state index < -0.39 is 11.9 Å². The first-order valence-corrected chi connectivity index (χ1v) is 9.03. The molecule has 0 bridgehead atoms. The number of H-pyrrole nitrogens is 1. The molecule has 0 saturated carbocycles. The Morgan fingerprint density at radius 2 is 2.12 bits per heavy atom. The van der Waals surface area contributed by atoms with Crippen LogP contribution in [0.5, 0.6) is 0 Å². The molecule has 0 spiro atoms. The molecule has 0 radical (unpaired) electrons. The average Bonchev–Trinajstić information content (AvgIpc) is 3.27. The van der Waals surface area contributed by atoms with Gasteiger partial charge in [0.1, 0.15) is 11.1 Å². The normalized spacial score (nSPS) is 10.4. The minimum absolute atomic E-state index is 0.245. The number of ether oxygens (including phenoxy) is 1. The Morgan fingerprint density at radius 3 is 2.96 bits per heavy atom. The molecule has 1 amide bonds. The number of thiophene rings is 1. The van der Waals surface area contributed by atoms with Gasteiger partial charge < -0.3 is 15.0 Å². The lowest BCUT2D eigenvalue weighted by Gasteiger charge is -2.05. The van der Waals surface area contributed by atoms with Gasteiger partial charge in [-0.25, -0.2) is 0 Å². The minimum Gasteiger partial charge on any atom is -0.456 e. The summed E-state index contributed by atoms with van der Waals surface area (Å²) in [5, 5.41) is 14.8. The van der Waals surface area contributed by atoms with Gasteiger partial charge in [-0.15, -0.1) is 11.3 Å². The van der Waals surface area contributed by atoms with Crippen LogP contribution in [0, 0.1) is 11.3 Å². The summed E-state index contributed by atoms with van der Waals surface area (Å²) in [6, 6.07) is 11.6. The largest absolute Gasteiger partial charge is 0.456 e. The summed E-state index contributed by atoms with van der Waals surface area (Å²) in [6.45, 7) is -0.352. The summed E-state index contributed by atoms with van der Waals surface area (Å²) in [5.41, 5.74) is 2.63. The van der Waals surface area contributed by atoms with Crippen molar-refractivity contribution in [2.45, 2.75) is 19.3 Å². The maximum Gasteiger partial charge on any atom is 0.306 e. The van der Waals surface area contributed by atoms with Gasteiger partial charge in [0.25, 0.3) is 5.91 Å². The maximum atomic E-state index is 11.8. The molecule has 2 heterocycles. The quantitative estimate of drug-likeness (QED) is 0.624. The van der Waals surface area contributed by atoms with Gasteiger partial charge in [0.05, 0.1) is 5.56 Å². The molecule has 3 aromatic rings. The zero-order valence-corrected chi connectivity index (χ0v) is 14.8. The van der Waals surface area contributed by atoms with E-state index in [0.717, 1.165) is 22.9 Å². The number of aryl methyl sites for hydroxylation is 1. The van der Waals surface area contributed by atoms with E-state index in [9.17, 15) is 9.59 Å². The predicted octanol–water partition coefficient (Wildman–Crippen LogP) is 3.61. The van der Waals surface area contributed by atoms with Crippen LogP contribution >= 0.6 is 11.3 Å². The average molecular weight is 367 g/mol. The molecule has 2 N–H and O–H groups in total. The van der Waals surface area contributed by atoms with Crippen LogP contribution in [0.3, 0.4) is 0 Å². The third-order valence-electron chi connectivity index (χ3n) is 3.90. The highest BCUT2D eigenvalue weighted by molar-refractivity contribution is 7.14. The lowest BCUT2D eigenvalue weighted by atomic mass is 10.1. The maximum absolute atomic E-state index is 11.8. The highest BCUT2D eigenvalue weighted by Crippen LogP contribution is 2.22. The van der Waals surface area contributed by atoms with Gasteiger partial charge in [0.15, 0.2) is 6.61 Å². The van der Waals surface area contributed by atoms with Gasteiger partial charge in [-0.05, 0) is 35.9 Å². The number of rotatable bonds is 7. The number of aromatic amines is 1. The summed E-state index contributed by atoms with van der Waals surface area (Å²) in [4.78, 5) is 26.8. The SMILES string of the molecule is N#Cc1ccsc1NC(=O)COC(=O)CCCc1c[nH]c2ccccc12. The number of para-hydroxylation sites is 1. The van der Waals surface area contributed by atoms with Crippen LogP contribution < -0.4 is 5.32 Å². The fraction of sp³-hybridized carbons (Fsp3) is 0.211. The zero-order chi connectivity index (χ0) is 18.4. The van der Waals surface area contributed by atoms with Crippen molar-refractivity contribution in [1.29, 1.82) is 5.26 Å². The van der Waals surface area contributed by atoms with Crippen molar-refractivity contribution in [2.75, 3.05) is 11.9 Å². The lowest BCUT2D eigenvalue weighted by molar-refractivity contribution is -0.147. The van der Waals surface area contributed by atoms with Gasteiger partial charge in [-0.3, -0.25) is 9.59 Å². The number of carbonyl (C=O) groups is 2. The Hall–Kier alpha value is -3.11. The van der Waals surface area contributed by atoms with Crippen LogP contribution in [0.15, 0.2) is 41.9 Å². The van der Waals surface area contributed by atoms with Crippen LogP contribution in [0.4, 0.5) is 5.00 Å². The molecular weight excluding hydrogens is 350 g/mol. The molecule has 1 aromatic carbocycles. The molecule has 0 aliphatic heterocycles. The number of hydrogen-bond donors (Lipinski definition) is 2. The Balaban J connectivity index is 1.40. The van der Waals surface area contributed by atoms with Crippen molar-refractivity contribution in [2.24, 2.45) is 0 Å². The number of benzene rings is 1. The third kappa shape index (κ3) is 4.29. The summed E-state index contributed by atoms with van der Waals surface area (Å²) in [6.07, 6.45) is 3.60. The topological polar surface area (TPSA) is 95.0 Å². The first kappa shape index (κ1) is 17.7. The number of nitrogens with zero attached hydrogens (tertiary/aromatic N) is 1. The summed E-state index contributed by atoms with van der Waals surface area (Å²) < 4.78 is 5.00. The van der Waals surface area contributed by atoms with E-state index in [2.05, 4.69) is 10.3 Å². The molecule has 2 aromatic heterocycles. The molecule has 0 aliphatic carbocycles. The number of nitrogens with one attached hydrogen (secondary N) is 2. The second-order valence-corrected chi connectivity index (χ2v) is 6.61. The number of hydrogen-bond acceptors (Lipinski definition) is 5. The number of amides is 1. The van der Waals surface area contributed by atoms with E-state index in [0.29, 0.717) is 17.0 Å². The van der Waals surface area contributed by atoms with E-state index >= 15 is 0 Å². The monoisotopic (exact) mass is 367 g/mol. The van der Waals surface area contributed by atoms with E-state index in [1.807, 2.05) is 36.5 Å². The first-order valence-electron chi connectivity index (χ1n) is 8.15. The van der Waals surface area contributed by atoms with Gasteiger partial charge >= 0.3 is 5.97 Å². The van der Waals surface area contributed by atoms with Crippen molar-refractivity contribution in [3.05, 3.63) is 53.0 Å². The Morgan fingerprint density at radius 1 is 1.27 bits per heavy atom. The standard InChI is InChI=1S/C19H17N3O3S/c20-10-13-8-9-26-19(13)22-17(23)12-25-18(24)7-3-4-14-11-21-16-6-2-1-5-15(14)16/h1-2,5-6,8-9,11,21H,3-4,7,12H2,(H,22,23). The van der Waals surface area contributed by atoms with Gasteiger partial charge in [-0.1, -0.05) is 18.2 Å². The first-order chi connectivity index (χ1) is 12.7. The van der Waals surface area contributed by atoms with Crippen molar-refractivity contribution >= 4 is 39.1 Å². The smallest absolute Gasteiger partial charge is 0.306 e. The number of nitriles is 1. The molecule has 0 saturated heterocycles. The van der Waals surface area contributed by atoms with Crippen LogP contribution in [0.25, 0.3) is 10.9 Å². The van der Waals surface area contributed by atoms with Crippen LogP contribution in [-0.4, -0.2) is 23.5 Å². The number of carbonyl (C=O) groups excluding carboxylic acids is 2. The van der Waals surface area contributed by atoms with Crippen molar-refractivity contribution in [3.63, 3.8) is 0 Å². The molecule has 3 rings (SSSR count). The summed E-state index contributed by atoms with van der Waals surface area (Å²) in [7, 11) is 0. The Kier molecular flexibility index (Phi) is 5.66. The van der Waals surface area contributed by atoms with Crippen molar-refractivity contribution < 1.29 is 14.3 Å².